The molecule has 0 aromatic heterocycles. The van der Waals surface area contributed by atoms with Crippen LogP contribution in [0.2, 0.25) is 0 Å². The highest BCUT2D eigenvalue weighted by atomic mass is 16.5. The normalized spacial score (nSPS) is 33.9. The molecule has 4 fully saturated rings. The van der Waals surface area contributed by atoms with Gasteiger partial charge >= 0.3 is 0 Å². The summed E-state index contributed by atoms with van der Waals surface area (Å²) in [4.78, 5) is 13.9. The van der Waals surface area contributed by atoms with Crippen molar-refractivity contribution in [2.45, 2.75) is 45.1 Å². The van der Waals surface area contributed by atoms with Gasteiger partial charge in [-0.25, -0.2) is 5.48 Å². The van der Waals surface area contributed by atoms with Crippen molar-refractivity contribution >= 4 is 5.91 Å². The summed E-state index contributed by atoms with van der Waals surface area (Å²) in [5.41, 5.74) is 3.96. The third kappa shape index (κ3) is 3.09. The molecule has 130 valence electrons. The zero-order valence-corrected chi connectivity index (χ0v) is 14.5. The van der Waals surface area contributed by atoms with Gasteiger partial charge in [0.15, 0.2) is 0 Å². The Labute approximate surface area is 144 Å². The Balaban J connectivity index is 1.38. The molecular weight excluding hydrogens is 300 g/mol. The second-order valence-electron chi connectivity index (χ2n) is 8.73. The Bertz CT molecular complexity index is 575. The number of benzene rings is 1. The van der Waals surface area contributed by atoms with Crippen LogP contribution in [0, 0.1) is 23.2 Å². The fraction of sp³-hybridized carbons (Fsp3) is 0.650. The van der Waals surface area contributed by atoms with Crippen molar-refractivity contribution in [1.29, 1.82) is 0 Å². The number of amides is 1. The summed E-state index contributed by atoms with van der Waals surface area (Å²) in [6.07, 6.45) is 8.82. The van der Waals surface area contributed by atoms with E-state index in [0.717, 1.165) is 24.3 Å². The Kier molecular flexibility index (Phi) is 4.13. The molecule has 0 heterocycles. The molecule has 0 radical (unpaired) electrons. The number of hydrogen-bond acceptors (Lipinski definition) is 3. The van der Waals surface area contributed by atoms with Gasteiger partial charge in [0.1, 0.15) is 0 Å². The number of carbonyl (C=O) groups is 1. The maximum Gasteiger partial charge on any atom is 0.274 e. The first-order valence-electron chi connectivity index (χ1n) is 9.27. The predicted molar refractivity (Wildman–Crippen MR) is 92.6 cm³/mol. The molecule has 4 saturated carbocycles. The molecule has 0 unspecified atom stereocenters. The van der Waals surface area contributed by atoms with E-state index in [1.165, 1.54) is 50.6 Å². The van der Waals surface area contributed by atoms with Crippen LogP contribution < -0.4 is 5.48 Å². The van der Waals surface area contributed by atoms with E-state index in [1.54, 1.807) is 17.6 Å². The second-order valence-corrected chi connectivity index (χ2v) is 8.73. The molecule has 4 nitrogen and oxygen atoms in total. The van der Waals surface area contributed by atoms with Crippen LogP contribution >= 0.6 is 0 Å². The van der Waals surface area contributed by atoms with Crippen molar-refractivity contribution in [3.8, 4) is 0 Å². The van der Waals surface area contributed by atoms with Crippen molar-refractivity contribution in [3.05, 3.63) is 35.4 Å². The lowest BCUT2D eigenvalue weighted by atomic mass is 9.49. The average molecular weight is 328 g/mol. The van der Waals surface area contributed by atoms with E-state index < -0.39 is 5.91 Å². The highest BCUT2D eigenvalue weighted by molar-refractivity contribution is 5.93. The molecule has 4 aliphatic rings. The summed E-state index contributed by atoms with van der Waals surface area (Å²) in [6.45, 7) is 2.12. The minimum absolute atomic E-state index is 0.455. The SMILES string of the molecule is CN(Cc1ccc(C(=O)NO)cc1)CC12CC3CC(CC(C3)C1)C2. The van der Waals surface area contributed by atoms with E-state index in [-0.39, 0.29) is 0 Å². The molecule has 24 heavy (non-hydrogen) atoms. The quantitative estimate of drug-likeness (QED) is 0.643. The highest BCUT2D eigenvalue weighted by Gasteiger charge is 2.50. The van der Waals surface area contributed by atoms with Crippen molar-refractivity contribution < 1.29 is 10.0 Å². The van der Waals surface area contributed by atoms with Crippen LogP contribution in [0.5, 0.6) is 0 Å². The van der Waals surface area contributed by atoms with Crippen LogP contribution in [0.4, 0.5) is 0 Å². The smallest absolute Gasteiger partial charge is 0.274 e. The van der Waals surface area contributed by atoms with Gasteiger partial charge < -0.3 is 4.90 Å². The zero-order chi connectivity index (χ0) is 16.7. The summed E-state index contributed by atoms with van der Waals surface area (Å²) >= 11 is 0. The van der Waals surface area contributed by atoms with Crippen LogP contribution in [0.3, 0.4) is 0 Å². The number of hydroxylamine groups is 1. The van der Waals surface area contributed by atoms with Crippen molar-refractivity contribution in [1.82, 2.24) is 10.4 Å². The Hall–Kier alpha value is -1.39. The highest BCUT2D eigenvalue weighted by Crippen LogP contribution is 2.60. The van der Waals surface area contributed by atoms with Gasteiger partial charge in [0, 0.05) is 18.7 Å². The summed E-state index contributed by atoms with van der Waals surface area (Å²) < 4.78 is 0. The second kappa shape index (κ2) is 6.16. The summed E-state index contributed by atoms with van der Waals surface area (Å²) in [5, 5.41) is 8.68. The number of nitrogens with zero attached hydrogens (tertiary/aromatic N) is 1. The van der Waals surface area contributed by atoms with Gasteiger partial charge in [0.2, 0.25) is 0 Å². The topological polar surface area (TPSA) is 52.6 Å². The van der Waals surface area contributed by atoms with Crippen LogP contribution in [0.15, 0.2) is 24.3 Å². The minimum atomic E-state index is -0.455. The molecule has 0 saturated heterocycles. The summed E-state index contributed by atoms with van der Waals surface area (Å²) in [7, 11) is 2.23. The van der Waals surface area contributed by atoms with E-state index in [9.17, 15) is 4.79 Å². The fourth-order valence-electron chi connectivity index (χ4n) is 6.25. The van der Waals surface area contributed by atoms with Gasteiger partial charge in [-0.2, -0.15) is 0 Å². The molecule has 2 N–H and O–H groups in total. The van der Waals surface area contributed by atoms with E-state index in [1.807, 2.05) is 12.1 Å². The van der Waals surface area contributed by atoms with Gasteiger partial charge in [-0.05, 0) is 86.4 Å². The first-order valence-corrected chi connectivity index (χ1v) is 9.27. The molecule has 0 aliphatic heterocycles. The van der Waals surface area contributed by atoms with Gasteiger partial charge in [-0.15, -0.1) is 0 Å². The first-order chi connectivity index (χ1) is 11.5. The third-order valence-electron chi connectivity index (χ3n) is 6.54. The Morgan fingerprint density at radius 2 is 1.67 bits per heavy atom. The van der Waals surface area contributed by atoms with Crippen LogP contribution in [-0.4, -0.2) is 29.6 Å². The predicted octanol–water partition coefficient (Wildman–Crippen LogP) is 3.45. The van der Waals surface area contributed by atoms with E-state index in [2.05, 4.69) is 11.9 Å². The number of nitrogens with one attached hydrogen (secondary N) is 1. The molecule has 1 aromatic carbocycles. The van der Waals surface area contributed by atoms with E-state index in [4.69, 9.17) is 5.21 Å². The summed E-state index contributed by atoms with van der Waals surface area (Å²) in [6, 6.07) is 7.53. The Morgan fingerprint density at radius 3 is 2.17 bits per heavy atom. The van der Waals surface area contributed by atoms with Gasteiger partial charge in [-0.3, -0.25) is 10.0 Å². The molecule has 5 rings (SSSR count). The maximum absolute atomic E-state index is 11.4. The van der Waals surface area contributed by atoms with Gasteiger partial charge in [0.25, 0.3) is 5.91 Å². The lowest BCUT2D eigenvalue weighted by Gasteiger charge is -2.57. The monoisotopic (exact) mass is 328 g/mol. The third-order valence-corrected chi connectivity index (χ3v) is 6.54. The molecule has 0 atom stereocenters. The molecule has 1 aromatic rings. The first kappa shape index (κ1) is 16.1. The van der Waals surface area contributed by atoms with Crippen LogP contribution in [0.1, 0.15) is 54.4 Å². The number of hydrogen-bond donors (Lipinski definition) is 2. The maximum atomic E-state index is 11.4. The van der Waals surface area contributed by atoms with Crippen molar-refractivity contribution in [2.24, 2.45) is 23.2 Å². The Morgan fingerprint density at radius 1 is 1.12 bits per heavy atom. The van der Waals surface area contributed by atoms with E-state index in [0.29, 0.717) is 11.0 Å². The minimum Gasteiger partial charge on any atom is -0.302 e. The largest absolute Gasteiger partial charge is 0.302 e. The van der Waals surface area contributed by atoms with Gasteiger partial charge in [-0.1, -0.05) is 12.1 Å². The van der Waals surface area contributed by atoms with Crippen molar-refractivity contribution in [3.63, 3.8) is 0 Å². The lowest BCUT2D eigenvalue weighted by Crippen LogP contribution is -2.50. The lowest BCUT2D eigenvalue weighted by molar-refractivity contribution is -0.0670. The van der Waals surface area contributed by atoms with Crippen LogP contribution in [0.25, 0.3) is 0 Å². The number of carbonyl (C=O) groups excluding carboxylic acids is 1. The van der Waals surface area contributed by atoms with Gasteiger partial charge in [0.05, 0.1) is 0 Å². The molecule has 4 bridgehead atoms. The fourth-order valence-corrected chi connectivity index (χ4v) is 6.25. The molecule has 4 aliphatic carbocycles. The number of rotatable bonds is 5. The van der Waals surface area contributed by atoms with Crippen molar-refractivity contribution in [2.75, 3.05) is 13.6 Å². The summed E-state index contributed by atoms with van der Waals surface area (Å²) in [5.74, 6) is 2.55. The molecular formula is C20H28N2O2. The standard InChI is InChI=1S/C20H28N2O2/c1-22(12-14-2-4-18(5-3-14)19(23)21-24)13-20-9-15-6-16(10-20)8-17(7-15)11-20/h2-5,15-17,24H,6-13H2,1H3,(H,21,23). The molecule has 4 heteroatoms. The zero-order valence-electron chi connectivity index (χ0n) is 14.5. The molecule has 1 amide bonds. The molecule has 0 spiro atoms. The van der Waals surface area contributed by atoms with Crippen LogP contribution in [-0.2, 0) is 6.54 Å². The average Bonchev–Trinajstić information content (AvgIpc) is 2.53. The van der Waals surface area contributed by atoms with E-state index >= 15 is 0 Å².